The van der Waals surface area contributed by atoms with Gasteiger partial charge in [-0.1, -0.05) is 65.3 Å². The normalized spacial score (nSPS) is 14.8. The van der Waals surface area contributed by atoms with Crippen LogP contribution in [0.15, 0.2) is 71.3 Å². The Morgan fingerprint density at radius 1 is 0.935 bits per heavy atom. The number of aromatic nitrogens is 2. The number of piperazine rings is 1. The number of hydrogen-bond donors (Lipinski definition) is 0. The van der Waals surface area contributed by atoms with Gasteiger partial charge in [0.25, 0.3) is 5.91 Å². The Balaban J connectivity index is 1.19. The van der Waals surface area contributed by atoms with Crippen LogP contribution in [-0.2, 0) is 6.54 Å². The number of nitrogens with zero attached hydrogens (tertiary/aromatic N) is 4. The Hall–Kier alpha value is -3.51. The molecular weight excluding hydrogens is 388 g/mol. The van der Waals surface area contributed by atoms with Crippen LogP contribution < -0.4 is 0 Å². The van der Waals surface area contributed by atoms with Crippen LogP contribution in [0.1, 0.15) is 21.8 Å². The SMILES string of the molecule is Cc1ccc(-c2noc(CN3CCN(C(=O)c4ccc5ccccc5c4)CC3)n2)cc1. The van der Waals surface area contributed by atoms with Gasteiger partial charge in [-0.05, 0) is 29.8 Å². The summed E-state index contributed by atoms with van der Waals surface area (Å²) in [6.07, 6.45) is 0. The summed E-state index contributed by atoms with van der Waals surface area (Å²) in [5.74, 6) is 1.30. The maximum Gasteiger partial charge on any atom is 0.253 e. The fourth-order valence-electron chi connectivity index (χ4n) is 3.94. The lowest BCUT2D eigenvalue weighted by Gasteiger charge is -2.34. The standard InChI is InChI=1S/C25H24N4O2/c1-18-6-8-20(9-7-18)24-26-23(31-27-24)17-28-12-14-29(15-13-28)25(30)22-11-10-19-4-2-3-5-21(19)16-22/h2-11,16H,12-15,17H2,1H3. The molecule has 0 atom stereocenters. The van der Waals surface area contributed by atoms with Crippen molar-refractivity contribution in [1.29, 1.82) is 0 Å². The van der Waals surface area contributed by atoms with Crippen molar-refractivity contribution in [2.24, 2.45) is 0 Å². The third-order valence-corrected chi connectivity index (χ3v) is 5.79. The number of fused-ring (bicyclic) bond motifs is 1. The molecule has 6 nitrogen and oxygen atoms in total. The summed E-state index contributed by atoms with van der Waals surface area (Å²) >= 11 is 0. The van der Waals surface area contributed by atoms with Crippen LogP contribution in [-0.4, -0.2) is 52.0 Å². The maximum absolute atomic E-state index is 13.0. The van der Waals surface area contributed by atoms with Gasteiger partial charge in [-0.15, -0.1) is 0 Å². The van der Waals surface area contributed by atoms with E-state index in [0.29, 0.717) is 31.3 Å². The lowest BCUT2D eigenvalue weighted by atomic mass is 10.1. The Labute approximate surface area is 181 Å². The molecule has 0 spiro atoms. The summed E-state index contributed by atoms with van der Waals surface area (Å²) in [5.41, 5.74) is 2.89. The number of aryl methyl sites for hydroxylation is 1. The summed E-state index contributed by atoms with van der Waals surface area (Å²) in [4.78, 5) is 21.7. The quantitative estimate of drug-likeness (QED) is 0.504. The summed E-state index contributed by atoms with van der Waals surface area (Å²) in [6.45, 7) is 5.57. The first kappa shape index (κ1) is 19.5. The summed E-state index contributed by atoms with van der Waals surface area (Å²) in [7, 11) is 0. The highest BCUT2D eigenvalue weighted by Gasteiger charge is 2.23. The number of amides is 1. The van der Waals surface area contributed by atoms with E-state index in [2.05, 4.69) is 28.0 Å². The third kappa shape index (κ3) is 4.20. The molecule has 156 valence electrons. The molecule has 1 aliphatic rings. The van der Waals surface area contributed by atoms with Gasteiger partial charge in [0.1, 0.15) is 0 Å². The molecule has 0 N–H and O–H groups in total. The number of hydrogen-bond acceptors (Lipinski definition) is 5. The molecule has 1 aliphatic heterocycles. The number of rotatable bonds is 4. The third-order valence-electron chi connectivity index (χ3n) is 5.79. The van der Waals surface area contributed by atoms with E-state index in [1.807, 2.05) is 65.6 Å². The summed E-state index contributed by atoms with van der Waals surface area (Å²) < 4.78 is 5.45. The Morgan fingerprint density at radius 3 is 2.45 bits per heavy atom. The molecule has 6 heteroatoms. The Kier molecular flexibility index (Phi) is 5.22. The first-order valence-corrected chi connectivity index (χ1v) is 10.6. The first-order chi connectivity index (χ1) is 15.2. The van der Waals surface area contributed by atoms with Crippen molar-refractivity contribution in [2.75, 3.05) is 26.2 Å². The fraction of sp³-hybridized carbons (Fsp3) is 0.240. The maximum atomic E-state index is 13.0. The monoisotopic (exact) mass is 412 g/mol. The molecule has 1 amide bonds. The lowest BCUT2D eigenvalue weighted by Crippen LogP contribution is -2.48. The number of carbonyl (C=O) groups is 1. The molecule has 2 heterocycles. The molecule has 31 heavy (non-hydrogen) atoms. The van der Waals surface area contributed by atoms with Gasteiger partial charge in [0.2, 0.25) is 11.7 Å². The van der Waals surface area contributed by atoms with Gasteiger partial charge >= 0.3 is 0 Å². The second kappa shape index (κ2) is 8.32. The topological polar surface area (TPSA) is 62.5 Å². The lowest BCUT2D eigenvalue weighted by molar-refractivity contribution is 0.0615. The van der Waals surface area contributed by atoms with Crippen molar-refractivity contribution in [3.63, 3.8) is 0 Å². The molecule has 1 aromatic heterocycles. The van der Waals surface area contributed by atoms with Crippen molar-refractivity contribution in [3.8, 4) is 11.4 Å². The predicted molar refractivity (Wildman–Crippen MR) is 120 cm³/mol. The van der Waals surface area contributed by atoms with Crippen molar-refractivity contribution < 1.29 is 9.32 Å². The molecule has 0 bridgehead atoms. The zero-order valence-corrected chi connectivity index (χ0v) is 17.5. The molecule has 4 aromatic rings. The van der Waals surface area contributed by atoms with Crippen LogP contribution in [0.4, 0.5) is 0 Å². The number of benzene rings is 3. The predicted octanol–water partition coefficient (Wildman–Crippen LogP) is 4.16. The van der Waals surface area contributed by atoms with Crippen LogP contribution in [0.2, 0.25) is 0 Å². The Bertz CT molecular complexity index is 1210. The highest BCUT2D eigenvalue weighted by atomic mass is 16.5. The first-order valence-electron chi connectivity index (χ1n) is 10.6. The van der Waals surface area contributed by atoms with E-state index in [1.54, 1.807) is 0 Å². The zero-order valence-electron chi connectivity index (χ0n) is 17.5. The summed E-state index contributed by atoms with van der Waals surface area (Å²) in [5, 5.41) is 6.35. The second-order valence-corrected chi connectivity index (χ2v) is 8.01. The van der Waals surface area contributed by atoms with E-state index in [-0.39, 0.29) is 5.91 Å². The largest absolute Gasteiger partial charge is 0.338 e. The molecule has 0 radical (unpaired) electrons. The van der Waals surface area contributed by atoms with Gasteiger partial charge in [-0.25, -0.2) is 0 Å². The molecular formula is C25H24N4O2. The highest BCUT2D eigenvalue weighted by Crippen LogP contribution is 2.19. The molecule has 0 aliphatic carbocycles. The Morgan fingerprint density at radius 2 is 1.68 bits per heavy atom. The van der Waals surface area contributed by atoms with Crippen molar-refractivity contribution >= 4 is 16.7 Å². The molecule has 0 saturated carbocycles. The minimum atomic E-state index is 0.0878. The fourth-order valence-corrected chi connectivity index (χ4v) is 3.94. The van der Waals surface area contributed by atoms with Crippen LogP contribution in [0.25, 0.3) is 22.2 Å². The zero-order chi connectivity index (χ0) is 21.2. The van der Waals surface area contributed by atoms with Gasteiger partial charge < -0.3 is 9.42 Å². The van der Waals surface area contributed by atoms with Gasteiger partial charge in [0.15, 0.2) is 0 Å². The van der Waals surface area contributed by atoms with E-state index in [4.69, 9.17) is 4.52 Å². The van der Waals surface area contributed by atoms with Gasteiger partial charge in [0.05, 0.1) is 6.54 Å². The highest BCUT2D eigenvalue weighted by molar-refractivity contribution is 5.98. The second-order valence-electron chi connectivity index (χ2n) is 8.01. The van der Waals surface area contributed by atoms with E-state index in [1.165, 1.54) is 5.56 Å². The minimum absolute atomic E-state index is 0.0878. The van der Waals surface area contributed by atoms with E-state index in [0.717, 1.165) is 35.0 Å². The minimum Gasteiger partial charge on any atom is -0.338 e. The van der Waals surface area contributed by atoms with Crippen molar-refractivity contribution in [2.45, 2.75) is 13.5 Å². The average Bonchev–Trinajstić information content (AvgIpc) is 3.27. The van der Waals surface area contributed by atoms with E-state index < -0.39 is 0 Å². The van der Waals surface area contributed by atoms with E-state index >= 15 is 0 Å². The van der Waals surface area contributed by atoms with Crippen molar-refractivity contribution in [1.82, 2.24) is 19.9 Å². The van der Waals surface area contributed by atoms with E-state index in [9.17, 15) is 4.79 Å². The number of carbonyl (C=O) groups excluding carboxylic acids is 1. The smallest absolute Gasteiger partial charge is 0.253 e. The van der Waals surface area contributed by atoms with Crippen LogP contribution in [0.5, 0.6) is 0 Å². The van der Waals surface area contributed by atoms with Gasteiger partial charge in [-0.2, -0.15) is 4.98 Å². The summed E-state index contributed by atoms with van der Waals surface area (Å²) in [6, 6.07) is 22.1. The van der Waals surface area contributed by atoms with Crippen LogP contribution >= 0.6 is 0 Å². The molecule has 0 unspecified atom stereocenters. The van der Waals surface area contributed by atoms with Gasteiger partial charge in [0, 0.05) is 37.3 Å². The van der Waals surface area contributed by atoms with Crippen LogP contribution in [0.3, 0.4) is 0 Å². The molecule has 5 rings (SSSR count). The molecule has 1 fully saturated rings. The molecule has 3 aromatic carbocycles. The van der Waals surface area contributed by atoms with Gasteiger partial charge in [-0.3, -0.25) is 9.69 Å². The van der Waals surface area contributed by atoms with Crippen molar-refractivity contribution in [3.05, 3.63) is 83.7 Å². The van der Waals surface area contributed by atoms with Crippen LogP contribution in [0, 0.1) is 6.92 Å². The average molecular weight is 412 g/mol. The molecule has 1 saturated heterocycles.